The molecule has 4 heteroatoms. The van der Waals surface area contributed by atoms with Crippen LogP contribution in [0.25, 0.3) is 0 Å². The molecule has 0 aromatic rings. The van der Waals surface area contributed by atoms with Crippen LogP contribution in [-0.2, 0) is 9.53 Å². The molecule has 0 rings (SSSR count). The molecule has 0 heterocycles. The maximum absolute atomic E-state index is 10.6. The van der Waals surface area contributed by atoms with Gasteiger partial charge in [-0.2, -0.15) is 0 Å². The number of aldehydes is 1. The first kappa shape index (κ1) is 17.6. The summed E-state index contributed by atoms with van der Waals surface area (Å²) in [5, 5.41) is 0. The lowest BCUT2D eigenvalue weighted by molar-refractivity contribution is -0.109. The van der Waals surface area contributed by atoms with E-state index in [-0.39, 0.29) is 10.8 Å². The van der Waals surface area contributed by atoms with E-state index in [1.165, 1.54) is 0 Å². The minimum Gasteiger partial charge on any atom is -0.380 e. The van der Waals surface area contributed by atoms with Crippen molar-refractivity contribution in [2.75, 3.05) is 39.4 Å². The topological polar surface area (TPSA) is 55.6 Å². The van der Waals surface area contributed by atoms with Gasteiger partial charge >= 0.3 is 0 Å². The number of carbonyl (C=O) groups is 1. The molecule has 4 nitrogen and oxygen atoms in total. The average Bonchev–Trinajstić information content (AvgIpc) is 2.27. The number of carbonyl (C=O) groups excluding carboxylic acids is 1. The standard InChI is InChI=1S/C14H30N2O2/c1-6-16(7-8-17)10-14(4,5)12-18-11-13(2,3)9-15/h8H,6-7,9-12,15H2,1-5H3. The van der Waals surface area contributed by atoms with Crippen LogP contribution in [-0.4, -0.2) is 50.6 Å². The molecule has 0 amide bonds. The van der Waals surface area contributed by atoms with E-state index < -0.39 is 0 Å². The molecule has 18 heavy (non-hydrogen) atoms. The second-order valence-corrected chi connectivity index (χ2v) is 6.52. The number of rotatable bonds is 10. The molecule has 108 valence electrons. The summed E-state index contributed by atoms with van der Waals surface area (Å²) in [5.41, 5.74) is 5.75. The maximum Gasteiger partial charge on any atom is 0.133 e. The van der Waals surface area contributed by atoms with Crippen molar-refractivity contribution in [3.8, 4) is 0 Å². The minimum atomic E-state index is 0.0311. The molecule has 0 unspecified atom stereocenters. The number of hydrogen-bond acceptors (Lipinski definition) is 4. The van der Waals surface area contributed by atoms with E-state index >= 15 is 0 Å². The van der Waals surface area contributed by atoms with Crippen molar-refractivity contribution in [3.63, 3.8) is 0 Å². The third-order valence-electron chi connectivity index (χ3n) is 2.97. The molecule has 0 saturated carbocycles. The minimum absolute atomic E-state index is 0.0311. The fraction of sp³-hybridized carbons (Fsp3) is 0.929. The van der Waals surface area contributed by atoms with E-state index in [9.17, 15) is 4.79 Å². The Morgan fingerprint density at radius 3 is 2.17 bits per heavy atom. The van der Waals surface area contributed by atoms with Crippen molar-refractivity contribution in [3.05, 3.63) is 0 Å². The van der Waals surface area contributed by atoms with Gasteiger partial charge in [0, 0.05) is 17.4 Å². The summed E-state index contributed by atoms with van der Waals surface area (Å²) in [7, 11) is 0. The highest BCUT2D eigenvalue weighted by molar-refractivity contribution is 5.51. The van der Waals surface area contributed by atoms with Gasteiger partial charge in [0.1, 0.15) is 6.29 Å². The van der Waals surface area contributed by atoms with Crippen molar-refractivity contribution in [1.29, 1.82) is 0 Å². The van der Waals surface area contributed by atoms with Crippen LogP contribution in [0.15, 0.2) is 0 Å². The third-order valence-corrected chi connectivity index (χ3v) is 2.97. The van der Waals surface area contributed by atoms with Gasteiger partial charge in [0.25, 0.3) is 0 Å². The number of hydrogen-bond donors (Lipinski definition) is 1. The smallest absolute Gasteiger partial charge is 0.133 e. The van der Waals surface area contributed by atoms with Gasteiger partial charge < -0.3 is 15.3 Å². The Kier molecular flexibility index (Phi) is 7.67. The molecular formula is C14H30N2O2. The SMILES string of the molecule is CCN(CC=O)CC(C)(C)COCC(C)(C)CN. The van der Waals surface area contributed by atoms with Gasteiger partial charge in [-0.1, -0.05) is 34.6 Å². The Bertz CT molecular complexity index is 240. The van der Waals surface area contributed by atoms with Crippen LogP contribution in [0.1, 0.15) is 34.6 Å². The van der Waals surface area contributed by atoms with Gasteiger partial charge in [0.2, 0.25) is 0 Å². The number of likely N-dealkylation sites (N-methyl/N-ethyl adjacent to an activating group) is 1. The first-order chi connectivity index (χ1) is 8.26. The highest BCUT2D eigenvalue weighted by Gasteiger charge is 2.23. The van der Waals surface area contributed by atoms with Crippen molar-refractivity contribution in [2.24, 2.45) is 16.6 Å². The zero-order valence-corrected chi connectivity index (χ0v) is 12.7. The molecule has 0 aliphatic heterocycles. The van der Waals surface area contributed by atoms with Crippen LogP contribution < -0.4 is 5.73 Å². The monoisotopic (exact) mass is 258 g/mol. The molecule has 2 N–H and O–H groups in total. The molecule has 0 aromatic carbocycles. The third kappa shape index (κ3) is 7.80. The van der Waals surface area contributed by atoms with Crippen molar-refractivity contribution < 1.29 is 9.53 Å². The lowest BCUT2D eigenvalue weighted by Crippen LogP contribution is -2.39. The molecule has 0 bridgehead atoms. The summed E-state index contributed by atoms with van der Waals surface area (Å²) in [6.07, 6.45) is 0.956. The van der Waals surface area contributed by atoms with Crippen LogP contribution >= 0.6 is 0 Å². The predicted molar refractivity (Wildman–Crippen MR) is 75.6 cm³/mol. The zero-order chi connectivity index (χ0) is 14.2. The average molecular weight is 258 g/mol. The fourth-order valence-electron chi connectivity index (χ4n) is 1.72. The maximum atomic E-state index is 10.6. The number of nitrogens with zero attached hydrogens (tertiary/aromatic N) is 1. The molecule has 0 saturated heterocycles. The van der Waals surface area contributed by atoms with E-state index in [1.54, 1.807) is 0 Å². The van der Waals surface area contributed by atoms with Gasteiger partial charge in [-0.3, -0.25) is 4.90 Å². The largest absolute Gasteiger partial charge is 0.380 e. The van der Waals surface area contributed by atoms with Crippen LogP contribution in [0.4, 0.5) is 0 Å². The Hall–Kier alpha value is -0.450. The predicted octanol–water partition coefficient (Wildman–Crippen LogP) is 1.53. The van der Waals surface area contributed by atoms with Gasteiger partial charge in [0.15, 0.2) is 0 Å². The summed E-state index contributed by atoms with van der Waals surface area (Å²) in [4.78, 5) is 12.7. The van der Waals surface area contributed by atoms with E-state index in [4.69, 9.17) is 10.5 Å². The fourth-order valence-corrected chi connectivity index (χ4v) is 1.72. The van der Waals surface area contributed by atoms with Gasteiger partial charge in [-0.25, -0.2) is 0 Å². The van der Waals surface area contributed by atoms with Crippen molar-refractivity contribution in [2.45, 2.75) is 34.6 Å². The highest BCUT2D eigenvalue weighted by Crippen LogP contribution is 2.20. The molecule has 0 aliphatic rings. The number of ether oxygens (including phenoxy) is 1. The number of nitrogens with two attached hydrogens (primary N) is 1. The molecule has 0 radical (unpaired) electrons. The summed E-state index contributed by atoms with van der Waals surface area (Å²) in [6.45, 7) is 14.8. The van der Waals surface area contributed by atoms with Crippen LogP contribution in [0.3, 0.4) is 0 Å². The molecule has 0 spiro atoms. The van der Waals surface area contributed by atoms with Crippen LogP contribution in [0.5, 0.6) is 0 Å². The van der Waals surface area contributed by atoms with E-state index in [0.717, 1.165) is 19.4 Å². The lowest BCUT2D eigenvalue weighted by atomic mass is 9.92. The summed E-state index contributed by atoms with van der Waals surface area (Å²) in [5.74, 6) is 0. The molecule has 0 aromatic heterocycles. The second-order valence-electron chi connectivity index (χ2n) is 6.52. The van der Waals surface area contributed by atoms with Gasteiger partial charge in [-0.15, -0.1) is 0 Å². The lowest BCUT2D eigenvalue weighted by Gasteiger charge is -2.32. The Labute approximate surface area is 112 Å². The van der Waals surface area contributed by atoms with Crippen molar-refractivity contribution >= 4 is 6.29 Å². The Morgan fingerprint density at radius 2 is 1.72 bits per heavy atom. The van der Waals surface area contributed by atoms with E-state index in [0.29, 0.717) is 26.3 Å². The zero-order valence-electron chi connectivity index (χ0n) is 12.7. The molecular weight excluding hydrogens is 228 g/mol. The first-order valence-corrected chi connectivity index (χ1v) is 6.70. The molecule has 0 fully saturated rings. The first-order valence-electron chi connectivity index (χ1n) is 6.70. The van der Waals surface area contributed by atoms with E-state index in [1.807, 2.05) is 0 Å². The summed E-state index contributed by atoms with van der Waals surface area (Å²) in [6, 6.07) is 0. The van der Waals surface area contributed by atoms with Crippen LogP contribution in [0, 0.1) is 10.8 Å². The highest BCUT2D eigenvalue weighted by atomic mass is 16.5. The summed E-state index contributed by atoms with van der Waals surface area (Å²) >= 11 is 0. The Morgan fingerprint density at radius 1 is 1.17 bits per heavy atom. The quantitative estimate of drug-likeness (QED) is 0.604. The van der Waals surface area contributed by atoms with E-state index in [2.05, 4.69) is 39.5 Å². The van der Waals surface area contributed by atoms with Crippen LogP contribution in [0.2, 0.25) is 0 Å². The normalized spacial score (nSPS) is 13.1. The van der Waals surface area contributed by atoms with Gasteiger partial charge in [-0.05, 0) is 13.1 Å². The molecule has 0 aliphatic carbocycles. The Balaban J connectivity index is 4.10. The second kappa shape index (κ2) is 7.87. The van der Waals surface area contributed by atoms with Gasteiger partial charge in [0.05, 0.1) is 19.8 Å². The van der Waals surface area contributed by atoms with Crippen molar-refractivity contribution in [1.82, 2.24) is 4.90 Å². The summed E-state index contributed by atoms with van der Waals surface area (Å²) < 4.78 is 5.78. The molecule has 0 atom stereocenters.